The number of carbonyl (C=O) groups excluding carboxylic acids is 1. The molecular formula is C23H22FN5O2. The molecule has 2 heterocycles. The Morgan fingerprint density at radius 3 is 2.52 bits per heavy atom. The van der Waals surface area contributed by atoms with Gasteiger partial charge in [0.25, 0.3) is 5.56 Å². The number of hydrogen-bond donors (Lipinski definition) is 1. The van der Waals surface area contributed by atoms with Crippen molar-refractivity contribution in [2.45, 2.75) is 26.3 Å². The van der Waals surface area contributed by atoms with Gasteiger partial charge < -0.3 is 5.32 Å². The molecule has 0 saturated carbocycles. The zero-order valence-corrected chi connectivity index (χ0v) is 17.5. The van der Waals surface area contributed by atoms with Crippen molar-refractivity contribution in [1.82, 2.24) is 24.9 Å². The van der Waals surface area contributed by atoms with Crippen LogP contribution in [0.4, 0.5) is 4.39 Å². The maximum atomic E-state index is 13.2. The highest BCUT2D eigenvalue weighted by Gasteiger charge is 2.18. The summed E-state index contributed by atoms with van der Waals surface area (Å²) in [5, 5.41) is 12.9. The number of carbonyl (C=O) groups is 1. The Hall–Kier alpha value is -3.81. The number of amides is 1. The second-order valence-corrected chi connectivity index (χ2v) is 7.46. The molecule has 1 atom stereocenters. The third kappa shape index (κ3) is 3.96. The second kappa shape index (κ2) is 8.14. The van der Waals surface area contributed by atoms with E-state index in [1.165, 1.54) is 16.8 Å². The van der Waals surface area contributed by atoms with Crippen molar-refractivity contribution in [1.29, 1.82) is 0 Å². The van der Waals surface area contributed by atoms with Crippen LogP contribution in [0.3, 0.4) is 0 Å². The molecule has 0 fully saturated rings. The highest BCUT2D eigenvalue weighted by atomic mass is 19.1. The molecule has 7 nitrogen and oxygen atoms in total. The van der Waals surface area contributed by atoms with Crippen LogP contribution >= 0.6 is 0 Å². The predicted octanol–water partition coefficient (Wildman–Crippen LogP) is 2.99. The van der Waals surface area contributed by atoms with Crippen molar-refractivity contribution >= 4 is 16.7 Å². The maximum absolute atomic E-state index is 13.2. The van der Waals surface area contributed by atoms with Crippen molar-refractivity contribution in [2.24, 2.45) is 7.05 Å². The van der Waals surface area contributed by atoms with Gasteiger partial charge in [-0.2, -0.15) is 10.2 Å². The van der Waals surface area contributed by atoms with Gasteiger partial charge in [-0.3, -0.25) is 9.59 Å². The van der Waals surface area contributed by atoms with Crippen molar-refractivity contribution in [3.8, 4) is 5.69 Å². The normalized spacial score (nSPS) is 12.1. The predicted molar refractivity (Wildman–Crippen MR) is 116 cm³/mol. The summed E-state index contributed by atoms with van der Waals surface area (Å²) in [7, 11) is 1.58. The lowest BCUT2D eigenvalue weighted by Crippen LogP contribution is -2.30. The summed E-state index contributed by atoms with van der Waals surface area (Å²) in [5.74, 6) is -0.522. The van der Waals surface area contributed by atoms with Gasteiger partial charge in [0.2, 0.25) is 5.91 Å². The topological polar surface area (TPSA) is 81.8 Å². The number of nitrogens with zero attached hydrogens (tertiary/aromatic N) is 4. The monoisotopic (exact) mass is 419 g/mol. The molecule has 0 aliphatic heterocycles. The van der Waals surface area contributed by atoms with Crippen LogP contribution in [0.2, 0.25) is 0 Å². The van der Waals surface area contributed by atoms with Gasteiger partial charge in [-0.25, -0.2) is 13.8 Å². The smallest absolute Gasteiger partial charge is 0.274 e. The maximum Gasteiger partial charge on any atom is 0.274 e. The molecule has 1 N–H and O–H groups in total. The fourth-order valence-electron chi connectivity index (χ4n) is 3.72. The lowest BCUT2D eigenvalue weighted by Gasteiger charge is -2.15. The third-order valence-electron chi connectivity index (χ3n) is 5.32. The summed E-state index contributed by atoms with van der Waals surface area (Å²) in [4.78, 5) is 25.0. The first kappa shape index (κ1) is 20.5. The summed E-state index contributed by atoms with van der Waals surface area (Å²) in [6.07, 6.45) is 1.74. The molecule has 2 aromatic heterocycles. The van der Waals surface area contributed by atoms with Crippen molar-refractivity contribution in [3.63, 3.8) is 0 Å². The van der Waals surface area contributed by atoms with E-state index >= 15 is 0 Å². The molecule has 4 rings (SSSR count). The van der Waals surface area contributed by atoms with Gasteiger partial charge >= 0.3 is 0 Å². The molecule has 158 valence electrons. The van der Waals surface area contributed by atoms with Crippen LogP contribution in [0.5, 0.6) is 0 Å². The molecule has 0 saturated heterocycles. The average molecular weight is 419 g/mol. The van der Waals surface area contributed by atoms with Crippen molar-refractivity contribution in [3.05, 3.63) is 87.9 Å². The first-order valence-corrected chi connectivity index (χ1v) is 9.90. The molecule has 1 unspecified atom stereocenters. The minimum atomic E-state index is -0.311. The summed E-state index contributed by atoms with van der Waals surface area (Å²) in [6, 6.07) is 12.9. The Morgan fingerprint density at radius 2 is 1.81 bits per heavy atom. The fraction of sp³-hybridized carbons (Fsp3) is 0.217. The lowest BCUT2D eigenvalue weighted by atomic mass is 10.1. The molecule has 31 heavy (non-hydrogen) atoms. The van der Waals surface area contributed by atoms with E-state index in [4.69, 9.17) is 0 Å². The van der Waals surface area contributed by atoms with Gasteiger partial charge in [-0.05, 0) is 44.2 Å². The standard InChI is InChI=1S/C23H22FN5O2/c1-14(20-13-25-29(15(20)2)17-10-8-16(24)9-11-17)26-22(30)12-21-18-6-4-5-7-19(18)23(31)28(3)27-21/h4-11,13-14H,12H2,1-3H3,(H,26,30). The quantitative estimate of drug-likeness (QED) is 0.539. The Bertz CT molecular complexity index is 1320. The van der Waals surface area contributed by atoms with Gasteiger partial charge in [-0.15, -0.1) is 0 Å². The van der Waals surface area contributed by atoms with Crippen LogP contribution in [0.15, 0.2) is 59.5 Å². The molecular weight excluding hydrogens is 397 g/mol. The number of hydrogen-bond acceptors (Lipinski definition) is 4. The van der Waals surface area contributed by atoms with E-state index in [2.05, 4.69) is 15.5 Å². The van der Waals surface area contributed by atoms with Crippen molar-refractivity contribution in [2.75, 3.05) is 0 Å². The first-order valence-electron chi connectivity index (χ1n) is 9.90. The second-order valence-electron chi connectivity index (χ2n) is 7.46. The van der Waals surface area contributed by atoms with Gasteiger partial charge in [-0.1, -0.05) is 18.2 Å². The average Bonchev–Trinajstić information content (AvgIpc) is 3.14. The molecule has 8 heteroatoms. The van der Waals surface area contributed by atoms with Gasteiger partial charge in [0, 0.05) is 23.7 Å². The SMILES string of the molecule is Cc1c(C(C)NC(=O)Cc2nn(C)c(=O)c3ccccc23)cnn1-c1ccc(F)cc1. The zero-order chi connectivity index (χ0) is 22.1. The van der Waals surface area contributed by atoms with E-state index in [0.717, 1.165) is 16.9 Å². The Labute approximate surface area is 178 Å². The van der Waals surface area contributed by atoms with Gasteiger partial charge in [0.05, 0.1) is 35.4 Å². The fourth-order valence-corrected chi connectivity index (χ4v) is 3.72. The number of fused-ring (bicyclic) bond motifs is 1. The number of halogens is 1. The summed E-state index contributed by atoms with van der Waals surface area (Å²) >= 11 is 0. The number of aryl methyl sites for hydroxylation is 1. The number of nitrogens with one attached hydrogen (secondary N) is 1. The number of aromatic nitrogens is 4. The molecule has 0 radical (unpaired) electrons. The Kier molecular flexibility index (Phi) is 5.37. The van der Waals surface area contributed by atoms with E-state index in [0.29, 0.717) is 16.5 Å². The van der Waals surface area contributed by atoms with Crippen LogP contribution in [-0.2, 0) is 18.3 Å². The summed E-state index contributed by atoms with van der Waals surface area (Å²) in [5.41, 5.74) is 2.80. The highest BCUT2D eigenvalue weighted by molar-refractivity contribution is 5.88. The van der Waals surface area contributed by atoms with E-state index in [9.17, 15) is 14.0 Å². The van der Waals surface area contributed by atoms with Gasteiger partial charge in [0.1, 0.15) is 5.82 Å². The summed E-state index contributed by atoms with van der Waals surface area (Å²) in [6.45, 7) is 3.78. The van der Waals surface area contributed by atoms with E-state index < -0.39 is 0 Å². The number of rotatable bonds is 5. The third-order valence-corrected chi connectivity index (χ3v) is 5.32. The molecule has 2 aromatic carbocycles. The summed E-state index contributed by atoms with van der Waals surface area (Å²) < 4.78 is 16.2. The van der Waals surface area contributed by atoms with E-state index in [1.54, 1.807) is 48.3 Å². The molecule has 4 aromatic rings. The minimum Gasteiger partial charge on any atom is -0.349 e. The Balaban J connectivity index is 1.54. The van der Waals surface area contributed by atoms with Crippen LogP contribution in [0.1, 0.15) is 29.9 Å². The molecule has 0 aliphatic carbocycles. The van der Waals surface area contributed by atoms with Crippen molar-refractivity contribution < 1.29 is 9.18 Å². The number of benzene rings is 2. The molecule has 1 amide bonds. The molecule has 0 bridgehead atoms. The highest BCUT2D eigenvalue weighted by Crippen LogP contribution is 2.21. The largest absolute Gasteiger partial charge is 0.349 e. The minimum absolute atomic E-state index is 0.0458. The van der Waals surface area contributed by atoms with Crippen LogP contribution < -0.4 is 10.9 Å². The zero-order valence-electron chi connectivity index (χ0n) is 17.5. The first-order chi connectivity index (χ1) is 14.8. The van der Waals surface area contributed by atoms with Crippen LogP contribution in [-0.4, -0.2) is 25.5 Å². The van der Waals surface area contributed by atoms with E-state index in [-0.39, 0.29) is 29.7 Å². The van der Waals surface area contributed by atoms with E-state index in [1.807, 2.05) is 19.9 Å². The Morgan fingerprint density at radius 1 is 1.13 bits per heavy atom. The molecule has 0 spiro atoms. The van der Waals surface area contributed by atoms with Crippen LogP contribution in [0.25, 0.3) is 16.5 Å². The van der Waals surface area contributed by atoms with Gasteiger partial charge in [0.15, 0.2) is 0 Å². The van der Waals surface area contributed by atoms with Crippen LogP contribution in [0, 0.1) is 12.7 Å². The molecule has 0 aliphatic rings. The lowest BCUT2D eigenvalue weighted by molar-refractivity contribution is -0.121.